The summed E-state index contributed by atoms with van der Waals surface area (Å²) in [6, 6.07) is 10.2. The number of rotatable bonds is 8. The number of fused-ring (bicyclic) bond motifs is 1. The third-order valence-electron chi connectivity index (χ3n) is 7.12. The molecule has 3 aromatic heterocycles. The first-order chi connectivity index (χ1) is 19.9. The quantitative estimate of drug-likeness (QED) is 0.272. The third kappa shape index (κ3) is 5.26. The van der Waals surface area contributed by atoms with Crippen molar-refractivity contribution in [3.05, 3.63) is 65.2 Å². The van der Waals surface area contributed by atoms with Gasteiger partial charge in [0.1, 0.15) is 23.9 Å². The van der Waals surface area contributed by atoms with E-state index in [2.05, 4.69) is 43.1 Å². The Hall–Kier alpha value is -4.91. The van der Waals surface area contributed by atoms with Gasteiger partial charge in [0.15, 0.2) is 5.54 Å². The van der Waals surface area contributed by atoms with Gasteiger partial charge in [0.25, 0.3) is 0 Å². The first kappa shape index (κ1) is 28.6. The molecule has 1 saturated carbocycles. The Kier molecular flexibility index (Phi) is 7.15. The van der Waals surface area contributed by atoms with Crippen LogP contribution in [-0.2, 0) is 5.54 Å². The first-order valence-corrected chi connectivity index (χ1v) is 13.2. The molecule has 0 aliphatic heterocycles. The van der Waals surface area contributed by atoms with Crippen molar-refractivity contribution in [2.24, 2.45) is 5.41 Å². The second-order valence-electron chi connectivity index (χ2n) is 11.4. The molecule has 216 valence electrons. The van der Waals surface area contributed by atoms with Crippen molar-refractivity contribution in [1.29, 1.82) is 10.5 Å². The van der Waals surface area contributed by atoms with Crippen LogP contribution in [0.5, 0.6) is 5.88 Å². The summed E-state index contributed by atoms with van der Waals surface area (Å²) in [6.07, 6.45) is -0.398. The molecule has 13 heteroatoms. The van der Waals surface area contributed by atoms with Gasteiger partial charge in [0, 0.05) is 35.6 Å². The number of hydrogen-bond donors (Lipinski definition) is 2. The molecule has 1 atom stereocenters. The van der Waals surface area contributed by atoms with E-state index in [0.29, 0.717) is 39.9 Å². The van der Waals surface area contributed by atoms with Crippen molar-refractivity contribution in [3.63, 3.8) is 0 Å². The number of nitrogens with zero attached hydrogens (tertiary/aromatic N) is 7. The zero-order valence-electron chi connectivity index (χ0n) is 23.4. The van der Waals surface area contributed by atoms with Gasteiger partial charge in [0.2, 0.25) is 5.88 Å². The minimum atomic E-state index is -4.48. The number of nitriles is 2. The maximum atomic E-state index is 13.8. The van der Waals surface area contributed by atoms with Crippen molar-refractivity contribution in [2.45, 2.75) is 51.4 Å². The topological polar surface area (TPSA) is 137 Å². The number of nitrogens with one attached hydrogen (secondary N) is 2. The van der Waals surface area contributed by atoms with Crippen LogP contribution in [0.25, 0.3) is 10.9 Å². The van der Waals surface area contributed by atoms with Crippen LogP contribution in [0.4, 0.5) is 24.5 Å². The number of anilines is 2. The molecule has 0 amide bonds. The Labute approximate surface area is 240 Å². The number of hydrogen-bond acceptors (Lipinski definition) is 9. The van der Waals surface area contributed by atoms with Gasteiger partial charge >= 0.3 is 6.18 Å². The van der Waals surface area contributed by atoms with Crippen LogP contribution in [0.2, 0.25) is 0 Å². The molecule has 3 heterocycles. The summed E-state index contributed by atoms with van der Waals surface area (Å²) >= 11 is 0. The highest BCUT2D eigenvalue weighted by molar-refractivity contribution is 5.99. The molecular formula is C29H28F3N9O. The lowest BCUT2D eigenvalue weighted by Gasteiger charge is -2.23. The van der Waals surface area contributed by atoms with Gasteiger partial charge in [-0.3, -0.25) is 4.98 Å². The number of pyridine rings is 2. The van der Waals surface area contributed by atoms with E-state index in [4.69, 9.17) is 4.74 Å². The number of methoxy groups -OCH3 is 1. The highest BCUT2D eigenvalue weighted by Crippen LogP contribution is 2.55. The zero-order chi connectivity index (χ0) is 30.3. The van der Waals surface area contributed by atoms with E-state index < -0.39 is 17.8 Å². The monoisotopic (exact) mass is 575 g/mol. The van der Waals surface area contributed by atoms with Crippen LogP contribution < -0.4 is 15.4 Å². The summed E-state index contributed by atoms with van der Waals surface area (Å²) in [4.78, 5) is 8.63. The molecule has 4 aromatic rings. The molecule has 0 spiro atoms. The Morgan fingerprint density at radius 3 is 2.48 bits per heavy atom. The summed E-state index contributed by atoms with van der Waals surface area (Å²) in [5, 5.41) is 35.0. The summed E-state index contributed by atoms with van der Waals surface area (Å²) in [7, 11) is 1.44. The molecule has 10 nitrogen and oxygen atoms in total. The van der Waals surface area contributed by atoms with Gasteiger partial charge in [0.05, 0.1) is 35.6 Å². The number of benzene rings is 1. The van der Waals surface area contributed by atoms with E-state index in [1.807, 2.05) is 20.8 Å². The van der Waals surface area contributed by atoms with Gasteiger partial charge in [-0.2, -0.15) is 23.7 Å². The lowest BCUT2D eigenvalue weighted by Crippen LogP contribution is -2.35. The zero-order valence-corrected chi connectivity index (χ0v) is 23.4. The number of alkyl halides is 3. The maximum Gasteiger partial charge on any atom is 0.413 e. The van der Waals surface area contributed by atoms with E-state index in [9.17, 15) is 23.7 Å². The van der Waals surface area contributed by atoms with Crippen molar-refractivity contribution < 1.29 is 17.9 Å². The predicted molar refractivity (Wildman–Crippen MR) is 149 cm³/mol. The Balaban J connectivity index is 1.64. The van der Waals surface area contributed by atoms with E-state index in [0.717, 1.165) is 4.68 Å². The summed E-state index contributed by atoms with van der Waals surface area (Å²) < 4.78 is 47.9. The Bertz CT molecular complexity index is 1720. The summed E-state index contributed by atoms with van der Waals surface area (Å²) in [6.45, 7) is 6.69. The standard InChI is InChI=1S/C29H28F3N9O/c1-27(2,3)16-37-24-18(13-34)14-36-23-17(12-33)10-19(11-21(23)24)38-25(20-6-5-9-35-26(20)42-4)22-15-41(40-39-22)28(7-8-28)29(30,31)32/h5-6,9-11,14-15,25,38H,7-8,16H2,1-4H3,(H,36,37)/t25-/m0/s1. The van der Waals surface area contributed by atoms with Crippen molar-refractivity contribution in [1.82, 2.24) is 25.0 Å². The number of ether oxygens (including phenoxy) is 1. The molecule has 1 fully saturated rings. The summed E-state index contributed by atoms with van der Waals surface area (Å²) in [5.74, 6) is 0.240. The van der Waals surface area contributed by atoms with Gasteiger partial charge in [-0.25, -0.2) is 9.67 Å². The van der Waals surface area contributed by atoms with Gasteiger partial charge in [-0.15, -0.1) is 5.10 Å². The molecule has 42 heavy (non-hydrogen) atoms. The van der Waals surface area contributed by atoms with E-state index in [-0.39, 0.29) is 35.4 Å². The Morgan fingerprint density at radius 1 is 1.12 bits per heavy atom. The largest absolute Gasteiger partial charge is 0.481 e. The third-order valence-corrected chi connectivity index (χ3v) is 7.12. The lowest BCUT2D eigenvalue weighted by molar-refractivity contribution is -0.182. The van der Waals surface area contributed by atoms with Crippen molar-refractivity contribution in [3.8, 4) is 18.0 Å². The van der Waals surface area contributed by atoms with Crippen LogP contribution in [0.15, 0.2) is 42.9 Å². The van der Waals surface area contributed by atoms with Crippen LogP contribution in [-0.4, -0.2) is 44.8 Å². The average Bonchev–Trinajstić information content (AvgIpc) is 3.64. The van der Waals surface area contributed by atoms with Crippen LogP contribution in [0.1, 0.15) is 62.0 Å². The van der Waals surface area contributed by atoms with Gasteiger partial charge < -0.3 is 15.4 Å². The second kappa shape index (κ2) is 10.5. The van der Waals surface area contributed by atoms with Gasteiger partial charge in [-0.1, -0.05) is 26.0 Å². The average molecular weight is 576 g/mol. The fraction of sp³-hybridized carbons (Fsp3) is 0.379. The number of halogens is 3. The SMILES string of the molecule is COc1ncccc1[C@H](Nc1cc(C#N)c2ncc(C#N)c(NCC(C)(C)C)c2c1)c1cn(C2(C(F)(F)F)CC2)nn1. The van der Waals surface area contributed by atoms with Crippen molar-refractivity contribution in [2.75, 3.05) is 24.3 Å². The normalized spacial score (nSPS) is 15.0. The van der Waals surface area contributed by atoms with Crippen molar-refractivity contribution >= 4 is 22.3 Å². The molecule has 0 unspecified atom stereocenters. The van der Waals surface area contributed by atoms with E-state index in [1.54, 1.807) is 24.3 Å². The second-order valence-corrected chi connectivity index (χ2v) is 11.4. The maximum absolute atomic E-state index is 13.8. The fourth-order valence-corrected chi connectivity index (χ4v) is 4.75. The van der Waals surface area contributed by atoms with Crippen LogP contribution >= 0.6 is 0 Å². The molecule has 1 aromatic carbocycles. The van der Waals surface area contributed by atoms with E-state index >= 15 is 0 Å². The fourth-order valence-electron chi connectivity index (χ4n) is 4.75. The highest BCUT2D eigenvalue weighted by Gasteiger charge is 2.66. The molecule has 0 bridgehead atoms. The van der Waals surface area contributed by atoms with E-state index in [1.165, 1.54) is 25.7 Å². The minimum Gasteiger partial charge on any atom is -0.481 e. The molecule has 2 N–H and O–H groups in total. The van der Waals surface area contributed by atoms with Gasteiger partial charge in [-0.05, 0) is 42.5 Å². The van der Waals surface area contributed by atoms with Crippen LogP contribution in [0, 0.1) is 28.1 Å². The molecule has 1 aliphatic rings. The first-order valence-electron chi connectivity index (χ1n) is 13.2. The number of aromatic nitrogens is 5. The molecular weight excluding hydrogens is 547 g/mol. The smallest absolute Gasteiger partial charge is 0.413 e. The molecule has 0 radical (unpaired) electrons. The predicted octanol–water partition coefficient (Wildman–Crippen LogP) is 5.68. The lowest BCUT2D eigenvalue weighted by atomic mass is 9.96. The molecule has 0 saturated heterocycles. The molecule has 1 aliphatic carbocycles. The Morgan fingerprint density at radius 2 is 1.86 bits per heavy atom. The minimum absolute atomic E-state index is 0.0810. The van der Waals surface area contributed by atoms with Crippen LogP contribution in [0.3, 0.4) is 0 Å². The molecule has 5 rings (SSSR count). The summed E-state index contributed by atoms with van der Waals surface area (Å²) in [5.41, 5.74) is 0.433. The highest BCUT2D eigenvalue weighted by atomic mass is 19.4.